The third kappa shape index (κ3) is 4.60. The van der Waals surface area contributed by atoms with Crippen LogP contribution in [0.15, 0.2) is 60.7 Å². The van der Waals surface area contributed by atoms with Gasteiger partial charge in [0.1, 0.15) is 5.75 Å². The van der Waals surface area contributed by atoms with E-state index in [2.05, 4.69) is 22.5 Å². The van der Waals surface area contributed by atoms with Crippen LogP contribution in [0.25, 0.3) is 11.8 Å². The normalized spacial score (nSPS) is 16.2. The van der Waals surface area contributed by atoms with Gasteiger partial charge in [-0.05, 0) is 73.2 Å². The zero-order valence-corrected chi connectivity index (χ0v) is 19.6. The molecule has 0 aliphatic carbocycles. The second-order valence-electron chi connectivity index (χ2n) is 8.49. The number of aromatic nitrogens is 2. The van der Waals surface area contributed by atoms with Crippen molar-refractivity contribution in [3.05, 3.63) is 95.0 Å². The minimum atomic E-state index is -1.44. The van der Waals surface area contributed by atoms with E-state index in [-0.39, 0.29) is 6.04 Å². The van der Waals surface area contributed by atoms with Crippen molar-refractivity contribution in [3.63, 3.8) is 0 Å². The van der Waals surface area contributed by atoms with Crippen molar-refractivity contribution in [1.82, 2.24) is 14.5 Å². The van der Waals surface area contributed by atoms with E-state index in [1.54, 1.807) is 13.4 Å². The van der Waals surface area contributed by atoms with Crippen LogP contribution in [0, 0.1) is 24.4 Å². The predicted octanol–water partition coefficient (Wildman–Crippen LogP) is 6.75. The first-order valence-electron chi connectivity index (χ1n) is 11.3. The van der Waals surface area contributed by atoms with Gasteiger partial charge in [-0.2, -0.15) is 0 Å². The maximum Gasteiger partial charge on any atom is 0.194 e. The van der Waals surface area contributed by atoms with Crippen molar-refractivity contribution in [3.8, 4) is 11.4 Å². The van der Waals surface area contributed by atoms with Crippen LogP contribution in [0.3, 0.4) is 0 Å². The number of hydrogen-bond acceptors (Lipinski definition) is 3. The Kier molecular flexibility index (Phi) is 6.82. The molecular formula is C27H28F3N3O. The van der Waals surface area contributed by atoms with Crippen LogP contribution in [-0.2, 0) is 0 Å². The average molecular weight is 468 g/mol. The maximum atomic E-state index is 13.9. The summed E-state index contributed by atoms with van der Waals surface area (Å²) in [6.07, 6.45) is 8.06. The van der Waals surface area contributed by atoms with Gasteiger partial charge in [0.15, 0.2) is 17.5 Å². The molecule has 1 aliphatic heterocycles. The zero-order chi connectivity index (χ0) is 24.4. The number of imidazole rings is 1. The van der Waals surface area contributed by atoms with Gasteiger partial charge in [-0.1, -0.05) is 19.6 Å². The second-order valence-corrected chi connectivity index (χ2v) is 8.49. The van der Waals surface area contributed by atoms with Gasteiger partial charge in [0.05, 0.1) is 30.9 Å². The molecule has 0 radical (unpaired) electrons. The summed E-state index contributed by atoms with van der Waals surface area (Å²) < 4.78 is 48.8. The Labute approximate surface area is 198 Å². The van der Waals surface area contributed by atoms with Crippen molar-refractivity contribution in [2.24, 2.45) is 0 Å². The molecule has 4 nitrogen and oxygen atoms in total. The van der Waals surface area contributed by atoms with E-state index in [0.29, 0.717) is 24.3 Å². The SMILES string of the molecule is C=C1/C(=C/c2ccc(-n3cnc(C)c3)c(OC)c2)CCCN1C(CC)c1cc(F)c(F)c(F)c1. The first-order chi connectivity index (χ1) is 16.3. The molecule has 2 aromatic carbocycles. The Morgan fingerprint density at radius 2 is 1.91 bits per heavy atom. The van der Waals surface area contributed by atoms with Crippen LogP contribution in [0.4, 0.5) is 13.2 Å². The Balaban J connectivity index is 1.63. The molecular weight excluding hydrogens is 439 g/mol. The van der Waals surface area contributed by atoms with Crippen LogP contribution in [-0.4, -0.2) is 28.1 Å². The zero-order valence-electron chi connectivity index (χ0n) is 19.6. The third-order valence-electron chi connectivity index (χ3n) is 6.25. The van der Waals surface area contributed by atoms with Crippen molar-refractivity contribution in [1.29, 1.82) is 0 Å². The molecule has 0 bridgehead atoms. The number of allylic oxidation sites excluding steroid dienone is 1. The molecule has 0 N–H and O–H groups in total. The van der Waals surface area contributed by atoms with E-state index in [0.717, 1.165) is 53.2 Å². The summed E-state index contributed by atoms with van der Waals surface area (Å²) in [5.41, 5.74) is 5.02. The fourth-order valence-electron chi connectivity index (χ4n) is 4.56. The number of ether oxygens (including phenoxy) is 1. The smallest absolute Gasteiger partial charge is 0.194 e. The summed E-state index contributed by atoms with van der Waals surface area (Å²) in [5, 5.41) is 0. The number of rotatable bonds is 6. The van der Waals surface area contributed by atoms with Crippen LogP contribution in [0.1, 0.15) is 49.0 Å². The molecule has 0 spiro atoms. The Hall–Kier alpha value is -3.48. The molecule has 0 saturated carbocycles. The Bertz CT molecular complexity index is 1220. The summed E-state index contributed by atoms with van der Waals surface area (Å²) in [4.78, 5) is 6.34. The maximum absolute atomic E-state index is 13.9. The molecule has 1 fully saturated rings. The molecule has 1 aromatic heterocycles. The van der Waals surface area contributed by atoms with Gasteiger partial charge < -0.3 is 14.2 Å². The highest BCUT2D eigenvalue weighted by molar-refractivity contribution is 5.63. The van der Waals surface area contributed by atoms with Crippen molar-refractivity contribution >= 4 is 6.08 Å². The monoisotopic (exact) mass is 467 g/mol. The molecule has 178 valence electrons. The first-order valence-corrected chi connectivity index (χ1v) is 11.3. The second kappa shape index (κ2) is 9.79. The van der Waals surface area contributed by atoms with Gasteiger partial charge in [-0.15, -0.1) is 0 Å². The molecule has 1 saturated heterocycles. The molecule has 4 rings (SSSR count). The van der Waals surface area contributed by atoms with Crippen molar-refractivity contribution < 1.29 is 17.9 Å². The number of hydrogen-bond donors (Lipinski definition) is 0. The summed E-state index contributed by atoms with van der Waals surface area (Å²) in [6, 6.07) is 7.82. The lowest BCUT2D eigenvalue weighted by molar-refractivity contribution is 0.233. The number of benzene rings is 2. The van der Waals surface area contributed by atoms with Crippen molar-refractivity contribution in [2.75, 3.05) is 13.7 Å². The number of nitrogens with zero attached hydrogens (tertiary/aromatic N) is 3. The minimum Gasteiger partial charge on any atom is -0.495 e. The van der Waals surface area contributed by atoms with E-state index in [4.69, 9.17) is 4.74 Å². The summed E-state index contributed by atoms with van der Waals surface area (Å²) in [6.45, 7) is 8.87. The molecule has 1 aliphatic rings. The summed E-state index contributed by atoms with van der Waals surface area (Å²) in [5.74, 6) is -3.08. The van der Waals surface area contributed by atoms with Gasteiger partial charge in [0, 0.05) is 18.4 Å². The molecule has 3 aromatic rings. The summed E-state index contributed by atoms with van der Waals surface area (Å²) in [7, 11) is 1.63. The van der Waals surface area contributed by atoms with Gasteiger partial charge in [0.25, 0.3) is 0 Å². The van der Waals surface area contributed by atoms with Crippen molar-refractivity contribution in [2.45, 2.75) is 39.2 Å². The number of methoxy groups -OCH3 is 1. The van der Waals surface area contributed by atoms with E-state index in [9.17, 15) is 13.2 Å². The third-order valence-corrected chi connectivity index (χ3v) is 6.25. The highest BCUT2D eigenvalue weighted by atomic mass is 19.2. The molecule has 1 unspecified atom stereocenters. The fraction of sp³-hybridized carbons (Fsp3) is 0.296. The largest absolute Gasteiger partial charge is 0.495 e. The van der Waals surface area contributed by atoms with Crippen LogP contribution in [0.2, 0.25) is 0 Å². The van der Waals surface area contributed by atoms with E-state index in [1.165, 1.54) is 0 Å². The lowest BCUT2D eigenvalue weighted by atomic mass is 9.93. The molecule has 0 amide bonds. The fourth-order valence-corrected chi connectivity index (χ4v) is 4.56. The average Bonchev–Trinajstić information content (AvgIpc) is 3.26. The lowest BCUT2D eigenvalue weighted by Gasteiger charge is -2.39. The van der Waals surface area contributed by atoms with Crippen LogP contribution in [0.5, 0.6) is 5.75 Å². The highest BCUT2D eigenvalue weighted by Gasteiger charge is 2.27. The first kappa shape index (κ1) is 23.7. The number of likely N-dealkylation sites (tertiary alicyclic amines) is 1. The Morgan fingerprint density at radius 3 is 2.53 bits per heavy atom. The van der Waals surface area contributed by atoms with Crippen LogP contribution >= 0.6 is 0 Å². The highest BCUT2D eigenvalue weighted by Crippen LogP contribution is 2.37. The van der Waals surface area contributed by atoms with E-state index >= 15 is 0 Å². The summed E-state index contributed by atoms with van der Waals surface area (Å²) >= 11 is 0. The number of aryl methyl sites for hydroxylation is 1. The molecule has 7 heteroatoms. The van der Waals surface area contributed by atoms with Crippen LogP contribution < -0.4 is 4.74 Å². The lowest BCUT2D eigenvalue weighted by Crippen LogP contribution is -2.32. The quantitative estimate of drug-likeness (QED) is 0.376. The predicted molar refractivity (Wildman–Crippen MR) is 127 cm³/mol. The molecule has 1 atom stereocenters. The molecule has 2 heterocycles. The van der Waals surface area contributed by atoms with E-state index < -0.39 is 17.5 Å². The minimum absolute atomic E-state index is 0.304. The Morgan fingerprint density at radius 1 is 1.18 bits per heavy atom. The van der Waals surface area contributed by atoms with Gasteiger partial charge in [-0.25, -0.2) is 18.2 Å². The van der Waals surface area contributed by atoms with Gasteiger partial charge in [0.2, 0.25) is 0 Å². The van der Waals surface area contributed by atoms with E-state index in [1.807, 2.05) is 42.8 Å². The number of halogens is 3. The topological polar surface area (TPSA) is 30.3 Å². The standard InChI is InChI=1S/C27H28F3N3O/c1-5-24(21-13-22(28)27(30)23(29)14-21)33-10-6-7-20(18(33)3)11-19-8-9-25(26(12-19)34-4)32-15-17(2)31-16-32/h8-9,11-16,24H,3,5-7,10H2,1-2,4H3/b20-11+. The van der Waals surface area contributed by atoms with Gasteiger partial charge in [-0.3, -0.25) is 0 Å². The molecule has 34 heavy (non-hydrogen) atoms. The van der Waals surface area contributed by atoms with Gasteiger partial charge >= 0.3 is 0 Å². The number of piperidine rings is 1.